The highest BCUT2D eigenvalue weighted by Crippen LogP contribution is 2.48. The molecule has 0 radical (unpaired) electrons. The van der Waals surface area contributed by atoms with E-state index in [0.29, 0.717) is 0 Å². The number of nitriles is 1. The van der Waals surface area contributed by atoms with Gasteiger partial charge in [-0.2, -0.15) is 5.26 Å². The minimum atomic E-state index is -0.214. The van der Waals surface area contributed by atoms with Crippen LogP contribution in [0.4, 0.5) is 0 Å². The summed E-state index contributed by atoms with van der Waals surface area (Å²) >= 11 is 0. The van der Waals surface area contributed by atoms with Gasteiger partial charge >= 0.3 is 0 Å². The summed E-state index contributed by atoms with van der Waals surface area (Å²) in [5.41, 5.74) is -0.0184. The van der Waals surface area contributed by atoms with Crippen molar-refractivity contribution in [3.63, 3.8) is 0 Å². The molecule has 19 heavy (non-hydrogen) atoms. The van der Waals surface area contributed by atoms with Crippen molar-refractivity contribution in [2.45, 2.75) is 63.8 Å². The molecular weight excluding hydrogens is 238 g/mol. The molecule has 0 N–H and O–H groups in total. The Kier molecular flexibility index (Phi) is 3.19. The number of nitrogens with zero attached hydrogens (tertiary/aromatic N) is 1. The maximum Gasteiger partial charge on any atom is 0.113 e. The first kappa shape index (κ1) is 13.1. The lowest BCUT2D eigenvalue weighted by molar-refractivity contribution is -0.178. The van der Waals surface area contributed by atoms with E-state index in [-0.39, 0.29) is 29.1 Å². The van der Waals surface area contributed by atoms with Gasteiger partial charge in [-0.15, -0.1) is 0 Å². The van der Waals surface area contributed by atoms with Gasteiger partial charge in [0.15, 0.2) is 0 Å². The molecule has 2 saturated heterocycles. The number of hydrogen-bond donors (Lipinski definition) is 0. The van der Waals surface area contributed by atoms with Gasteiger partial charge in [0.1, 0.15) is 5.60 Å². The Morgan fingerprint density at radius 3 is 2.89 bits per heavy atom. The first-order valence-electron chi connectivity index (χ1n) is 7.45. The lowest BCUT2D eigenvalue weighted by Crippen LogP contribution is -2.50. The van der Waals surface area contributed by atoms with E-state index in [4.69, 9.17) is 14.7 Å². The topological polar surface area (TPSA) is 42.2 Å². The third kappa shape index (κ3) is 2.32. The van der Waals surface area contributed by atoms with E-state index >= 15 is 0 Å². The first-order chi connectivity index (χ1) is 9.05. The van der Waals surface area contributed by atoms with Crippen LogP contribution in [-0.2, 0) is 9.47 Å². The van der Waals surface area contributed by atoms with Crippen LogP contribution in [0.15, 0.2) is 12.2 Å². The predicted molar refractivity (Wildman–Crippen MR) is 72.5 cm³/mol. The molecule has 2 fully saturated rings. The molecule has 3 aliphatic heterocycles. The largest absolute Gasteiger partial charge is 0.374 e. The molecule has 3 heterocycles. The number of fused-ring (bicyclic) bond motifs is 2. The third-order valence-electron chi connectivity index (χ3n) is 4.99. The van der Waals surface area contributed by atoms with Gasteiger partial charge in [0.25, 0.3) is 0 Å². The van der Waals surface area contributed by atoms with Crippen LogP contribution in [0.25, 0.3) is 0 Å². The second kappa shape index (κ2) is 4.61. The van der Waals surface area contributed by atoms with E-state index in [1.807, 2.05) is 6.92 Å². The summed E-state index contributed by atoms with van der Waals surface area (Å²) in [4.78, 5) is 0. The Morgan fingerprint density at radius 1 is 1.37 bits per heavy atom. The van der Waals surface area contributed by atoms with Crippen LogP contribution < -0.4 is 0 Å². The monoisotopic (exact) mass is 261 g/mol. The summed E-state index contributed by atoms with van der Waals surface area (Å²) in [7, 11) is 0. The van der Waals surface area contributed by atoms with Gasteiger partial charge in [-0.25, -0.2) is 0 Å². The van der Waals surface area contributed by atoms with Crippen LogP contribution >= 0.6 is 0 Å². The van der Waals surface area contributed by atoms with Crippen molar-refractivity contribution >= 4 is 0 Å². The fourth-order valence-electron chi connectivity index (χ4n) is 3.63. The molecule has 0 amide bonds. The molecule has 0 unspecified atom stereocenters. The molecule has 3 nitrogen and oxygen atoms in total. The van der Waals surface area contributed by atoms with Crippen LogP contribution in [0.3, 0.4) is 0 Å². The number of hydrogen-bond acceptors (Lipinski definition) is 3. The molecule has 104 valence electrons. The van der Waals surface area contributed by atoms with E-state index in [9.17, 15) is 0 Å². The summed E-state index contributed by atoms with van der Waals surface area (Å²) in [5, 5.41) is 8.96. The molecule has 4 aliphatic rings. The third-order valence-corrected chi connectivity index (χ3v) is 4.99. The molecule has 3 heteroatoms. The van der Waals surface area contributed by atoms with Gasteiger partial charge in [-0.1, -0.05) is 19.1 Å². The Labute approximate surface area is 115 Å². The van der Waals surface area contributed by atoms with E-state index < -0.39 is 0 Å². The smallest absolute Gasteiger partial charge is 0.113 e. The molecule has 0 aromatic rings. The van der Waals surface area contributed by atoms with Crippen LogP contribution in [-0.4, -0.2) is 24.4 Å². The molecule has 1 spiro atoms. The highest BCUT2D eigenvalue weighted by atomic mass is 16.6. The summed E-state index contributed by atoms with van der Waals surface area (Å²) in [6.07, 6.45) is 10.1. The summed E-state index contributed by atoms with van der Waals surface area (Å²) in [6, 6.07) is 2.31. The predicted octanol–water partition coefficient (Wildman–Crippen LogP) is 3.21. The van der Waals surface area contributed by atoms with Gasteiger partial charge in [0.2, 0.25) is 0 Å². The maximum absolute atomic E-state index is 8.96. The highest BCUT2D eigenvalue weighted by molar-refractivity contribution is 5.19. The molecular formula is C16H23NO2. The van der Waals surface area contributed by atoms with Gasteiger partial charge in [0, 0.05) is 11.3 Å². The van der Waals surface area contributed by atoms with Crippen molar-refractivity contribution in [1.29, 1.82) is 5.26 Å². The maximum atomic E-state index is 8.96. The second-order valence-electron chi connectivity index (χ2n) is 6.83. The van der Waals surface area contributed by atoms with Gasteiger partial charge in [0.05, 0.1) is 24.9 Å². The summed E-state index contributed by atoms with van der Waals surface area (Å²) in [6.45, 7) is 5.06. The molecule has 0 aromatic carbocycles. The number of rotatable bonds is 2. The quantitative estimate of drug-likeness (QED) is 0.717. The highest BCUT2D eigenvalue weighted by Gasteiger charge is 2.50. The molecule has 0 aromatic heterocycles. The standard InChI is InChI=1S/C16H23NO2/c1-12(10-17)9-13-3-4-14-16(19-13)7-5-15(2,6-8-16)11-18-14/h5,7,12-14H,3-4,6,8-9,11H2,1-2H3/t12-,13-,14+,15+,16+/m1/s1. The van der Waals surface area contributed by atoms with Crippen molar-refractivity contribution in [3.05, 3.63) is 12.2 Å². The molecule has 2 bridgehead atoms. The minimum Gasteiger partial charge on any atom is -0.374 e. The normalized spacial score (nSPS) is 46.2. The van der Waals surface area contributed by atoms with Gasteiger partial charge < -0.3 is 9.47 Å². The average Bonchev–Trinajstić information content (AvgIpc) is 2.64. The summed E-state index contributed by atoms with van der Waals surface area (Å²) in [5.74, 6) is 0.0717. The van der Waals surface area contributed by atoms with Crippen molar-refractivity contribution in [3.8, 4) is 6.07 Å². The fourth-order valence-corrected chi connectivity index (χ4v) is 3.63. The first-order valence-corrected chi connectivity index (χ1v) is 7.45. The van der Waals surface area contributed by atoms with Crippen molar-refractivity contribution < 1.29 is 9.47 Å². The molecule has 4 rings (SSSR count). The van der Waals surface area contributed by atoms with E-state index in [2.05, 4.69) is 25.1 Å². The second-order valence-corrected chi connectivity index (χ2v) is 6.83. The molecule has 5 atom stereocenters. The number of ether oxygens (including phenoxy) is 2. The fraction of sp³-hybridized carbons (Fsp3) is 0.812. The zero-order valence-electron chi connectivity index (χ0n) is 11.9. The Bertz CT molecular complexity index is 427. The Balaban J connectivity index is 1.77. The average molecular weight is 261 g/mol. The van der Waals surface area contributed by atoms with Crippen LogP contribution in [0, 0.1) is 22.7 Å². The zero-order chi connectivity index (χ0) is 13.5. The van der Waals surface area contributed by atoms with Crippen molar-refractivity contribution in [2.75, 3.05) is 6.61 Å². The minimum absolute atomic E-state index is 0.0717. The van der Waals surface area contributed by atoms with E-state index in [0.717, 1.165) is 38.7 Å². The van der Waals surface area contributed by atoms with E-state index in [1.165, 1.54) is 0 Å². The van der Waals surface area contributed by atoms with Gasteiger partial charge in [-0.05, 0) is 39.0 Å². The Hall–Kier alpha value is -0.850. The Morgan fingerprint density at radius 2 is 2.21 bits per heavy atom. The lowest BCUT2D eigenvalue weighted by Gasteiger charge is -2.45. The zero-order valence-corrected chi connectivity index (χ0v) is 11.9. The summed E-state index contributed by atoms with van der Waals surface area (Å²) < 4.78 is 12.5. The van der Waals surface area contributed by atoms with Crippen molar-refractivity contribution in [2.24, 2.45) is 11.3 Å². The SMILES string of the molecule is C[C@@H](C#N)C[C@H]1CC[C@@H]2OC[C@@]3(C)C=C[C@@]2(CC3)O1. The molecule has 1 aliphatic carbocycles. The van der Waals surface area contributed by atoms with Crippen LogP contribution in [0.2, 0.25) is 0 Å². The van der Waals surface area contributed by atoms with Crippen LogP contribution in [0.1, 0.15) is 46.0 Å². The van der Waals surface area contributed by atoms with E-state index in [1.54, 1.807) is 0 Å². The van der Waals surface area contributed by atoms with Crippen molar-refractivity contribution in [1.82, 2.24) is 0 Å². The van der Waals surface area contributed by atoms with Crippen LogP contribution in [0.5, 0.6) is 0 Å². The van der Waals surface area contributed by atoms with Gasteiger partial charge in [-0.3, -0.25) is 0 Å². The molecule has 0 saturated carbocycles. The lowest BCUT2D eigenvalue weighted by atomic mass is 9.73.